The molecular weight excluding hydrogens is 240 g/mol. The van der Waals surface area contributed by atoms with Gasteiger partial charge in [0.15, 0.2) is 0 Å². The van der Waals surface area contributed by atoms with Crippen LogP contribution in [0, 0.1) is 5.92 Å². The summed E-state index contributed by atoms with van der Waals surface area (Å²) in [6.45, 7) is 6.72. The number of hydrogen-bond donors (Lipinski definition) is 1. The topological polar surface area (TPSA) is 70.0 Å². The molecule has 1 saturated heterocycles. The second-order valence-electron chi connectivity index (χ2n) is 5.22. The Hall–Kier alpha value is -0.910. The third-order valence-electron chi connectivity index (χ3n) is 2.70. The molecule has 1 aliphatic heterocycles. The summed E-state index contributed by atoms with van der Waals surface area (Å²) < 4.78 is 15.4. The van der Waals surface area contributed by atoms with Crippen LogP contribution in [0.2, 0.25) is 0 Å². The first-order chi connectivity index (χ1) is 7.80. The average Bonchev–Trinajstić information content (AvgIpc) is 2.25. The molecule has 17 heavy (non-hydrogen) atoms. The zero-order valence-electron chi connectivity index (χ0n) is 10.5. The Kier molecular flexibility index (Phi) is 4.68. The maximum absolute atomic E-state index is 11.7. The van der Waals surface area contributed by atoms with Gasteiger partial charge in [0.25, 0.3) is 0 Å². The number of carbonyl (C=O) groups is 1. The standard InChI is InChI=1S/C11H20N2O3S/c1-11(2,3)17(16)12-8-9-4-6-13(7-5-9)10(14)15/h8-9H,4-7H2,1-3H3,(H,14,15)/b12-8+/t17-/m0/s1. The highest BCUT2D eigenvalue weighted by molar-refractivity contribution is 7.85. The van der Waals surface area contributed by atoms with Crippen molar-refractivity contribution in [3.05, 3.63) is 0 Å². The van der Waals surface area contributed by atoms with E-state index in [4.69, 9.17) is 5.11 Å². The zero-order valence-corrected chi connectivity index (χ0v) is 11.4. The second kappa shape index (κ2) is 5.62. The summed E-state index contributed by atoms with van der Waals surface area (Å²) in [4.78, 5) is 12.1. The summed E-state index contributed by atoms with van der Waals surface area (Å²) in [5.74, 6) is 0.247. The fraction of sp³-hybridized carbons (Fsp3) is 0.818. The smallest absolute Gasteiger partial charge is 0.407 e. The Morgan fingerprint density at radius 1 is 1.41 bits per heavy atom. The van der Waals surface area contributed by atoms with Crippen molar-refractivity contribution in [2.24, 2.45) is 10.3 Å². The van der Waals surface area contributed by atoms with Crippen LogP contribution >= 0.6 is 0 Å². The fourth-order valence-corrected chi connectivity index (χ4v) is 2.14. The maximum Gasteiger partial charge on any atom is 0.407 e. The van der Waals surface area contributed by atoms with Crippen LogP contribution in [0.4, 0.5) is 4.79 Å². The predicted molar refractivity (Wildman–Crippen MR) is 68.7 cm³/mol. The third-order valence-corrected chi connectivity index (χ3v) is 4.06. The van der Waals surface area contributed by atoms with Crippen molar-refractivity contribution in [1.82, 2.24) is 4.90 Å². The first kappa shape index (κ1) is 14.2. The maximum atomic E-state index is 11.7. The highest BCUT2D eigenvalue weighted by atomic mass is 32.2. The zero-order chi connectivity index (χ0) is 13.1. The number of rotatable bonds is 2. The Morgan fingerprint density at radius 2 is 1.94 bits per heavy atom. The van der Waals surface area contributed by atoms with Crippen molar-refractivity contribution in [2.75, 3.05) is 13.1 Å². The molecule has 6 heteroatoms. The van der Waals surface area contributed by atoms with Gasteiger partial charge >= 0.3 is 6.09 Å². The molecule has 0 aromatic carbocycles. The highest BCUT2D eigenvalue weighted by Gasteiger charge is 2.22. The summed E-state index contributed by atoms with van der Waals surface area (Å²) in [5.41, 5.74) is 0. The lowest BCUT2D eigenvalue weighted by atomic mass is 9.99. The monoisotopic (exact) mass is 260 g/mol. The van der Waals surface area contributed by atoms with Gasteiger partial charge in [-0.1, -0.05) is 0 Å². The normalized spacial score (nSPS) is 20.8. The Morgan fingerprint density at radius 3 is 2.35 bits per heavy atom. The molecule has 0 radical (unpaired) electrons. The van der Waals surface area contributed by atoms with E-state index in [1.807, 2.05) is 20.8 Å². The van der Waals surface area contributed by atoms with Gasteiger partial charge in [-0.15, -0.1) is 0 Å². The molecule has 1 amide bonds. The van der Waals surface area contributed by atoms with Gasteiger partial charge in [-0.05, 0) is 39.5 Å². The van der Waals surface area contributed by atoms with Crippen LogP contribution in [0.25, 0.3) is 0 Å². The molecule has 0 bridgehead atoms. The minimum absolute atomic E-state index is 0.247. The van der Waals surface area contributed by atoms with Crippen LogP contribution in [0.15, 0.2) is 4.40 Å². The van der Waals surface area contributed by atoms with E-state index < -0.39 is 17.1 Å². The van der Waals surface area contributed by atoms with Gasteiger partial charge in [0.05, 0.1) is 4.75 Å². The van der Waals surface area contributed by atoms with Gasteiger partial charge in [-0.3, -0.25) is 0 Å². The first-order valence-electron chi connectivity index (χ1n) is 5.75. The van der Waals surface area contributed by atoms with E-state index in [1.54, 1.807) is 6.21 Å². The molecule has 1 rings (SSSR count). The van der Waals surface area contributed by atoms with Crippen LogP contribution in [0.1, 0.15) is 33.6 Å². The van der Waals surface area contributed by atoms with Gasteiger partial charge in [-0.25, -0.2) is 9.00 Å². The number of likely N-dealkylation sites (tertiary alicyclic amines) is 1. The van der Waals surface area contributed by atoms with E-state index in [0.29, 0.717) is 13.1 Å². The Labute approximate surface area is 105 Å². The van der Waals surface area contributed by atoms with Crippen molar-refractivity contribution in [1.29, 1.82) is 0 Å². The van der Waals surface area contributed by atoms with Gasteiger partial charge < -0.3 is 10.0 Å². The number of carboxylic acid groups (broad SMARTS) is 1. The Balaban J connectivity index is 2.43. The largest absolute Gasteiger partial charge is 0.465 e. The molecule has 1 N–H and O–H groups in total. The summed E-state index contributed by atoms with van der Waals surface area (Å²) in [7, 11) is -1.22. The summed E-state index contributed by atoms with van der Waals surface area (Å²) in [5, 5.41) is 8.79. The molecule has 98 valence electrons. The molecule has 1 aliphatic rings. The lowest BCUT2D eigenvalue weighted by Gasteiger charge is -2.27. The van der Waals surface area contributed by atoms with Gasteiger partial charge in [0.1, 0.15) is 11.0 Å². The molecule has 0 aromatic heterocycles. The van der Waals surface area contributed by atoms with Crippen molar-refractivity contribution >= 4 is 23.3 Å². The second-order valence-corrected chi connectivity index (χ2v) is 7.16. The van der Waals surface area contributed by atoms with Gasteiger partial charge in [0, 0.05) is 19.3 Å². The van der Waals surface area contributed by atoms with Crippen molar-refractivity contribution < 1.29 is 14.1 Å². The van der Waals surface area contributed by atoms with E-state index >= 15 is 0 Å². The molecule has 0 aromatic rings. The summed E-state index contributed by atoms with van der Waals surface area (Å²) >= 11 is 0. The minimum Gasteiger partial charge on any atom is -0.465 e. The molecule has 0 spiro atoms. The lowest BCUT2D eigenvalue weighted by Crippen LogP contribution is -2.37. The average molecular weight is 260 g/mol. The molecule has 5 nitrogen and oxygen atoms in total. The summed E-state index contributed by atoms with van der Waals surface area (Å²) in [6, 6.07) is 0. The molecule has 1 heterocycles. The Bertz CT molecular complexity index is 328. The van der Waals surface area contributed by atoms with Crippen molar-refractivity contribution in [2.45, 2.75) is 38.4 Å². The number of nitrogens with zero attached hydrogens (tertiary/aromatic N) is 2. The van der Waals surface area contributed by atoms with E-state index in [0.717, 1.165) is 12.8 Å². The van der Waals surface area contributed by atoms with Gasteiger partial charge in [-0.2, -0.15) is 4.40 Å². The van der Waals surface area contributed by atoms with Crippen molar-refractivity contribution in [3.63, 3.8) is 0 Å². The van der Waals surface area contributed by atoms with Crippen LogP contribution < -0.4 is 0 Å². The summed E-state index contributed by atoms with van der Waals surface area (Å²) in [6.07, 6.45) is 2.40. The number of amides is 1. The SMILES string of the molecule is CC(C)(C)[S@](=O)/N=C/C1CCN(C(=O)O)CC1. The number of hydrogen-bond acceptors (Lipinski definition) is 2. The van der Waals surface area contributed by atoms with Crippen LogP contribution in [0.5, 0.6) is 0 Å². The fourth-order valence-electron chi connectivity index (χ4n) is 1.54. The predicted octanol–water partition coefficient (Wildman–Crippen LogP) is 1.91. The van der Waals surface area contributed by atoms with Crippen molar-refractivity contribution in [3.8, 4) is 0 Å². The van der Waals surface area contributed by atoms with Crippen LogP contribution in [-0.2, 0) is 11.0 Å². The molecular formula is C11H20N2O3S. The quantitative estimate of drug-likeness (QED) is 0.771. The minimum atomic E-state index is -1.22. The number of piperidine rings is 1. The van der Waals surface area contributed by atoms with E-state index in [1.165, 1.54) is 4.90 Å². The molecule has 1 atom stereocenters. The van der Waals surface area contributed by atoms with Crippen LogP contribution in [0.3, 0.4) is 0 Å². The third kappa shape index (κ3) is 4.46. The van der Waals surface area contributed by atoms with Gasteiger partial charge in [0.2, 0.25) is 0 Å². The molecule has 0 saturated carbocycles. The first-order valence-corrected chi connectivity index (χ1v) is 6.85. The van der Waals surface area contributed by atoms with E-state index in [2.05, 4.69) is 4.40 Å². The highest BCUT2D eigenvalue weighted by Crippen LogP contribution is 2.17. The van der Waals surface area contributed by atoms with E-state index in [9.17, 15) is 9.00 Å². The molecule has 1 fully saturated rings. The van der Waals surface area contributed by atoms with Crippen LogP contribution in [-0.4, -0.2) is 44.4 Å². The lowest BCUT2D eigenvalue weighted by molar-refractivity contribution is 0.131. The molecule has 0 unspecified atom stereocenters. The van der Waals surface area contributed by atoms with E-state index in [-0.39, 0.29) is 10.7 Å². The molecule has 0 aliphatic carbocycles.